The lowest BCUT2D eigenvalue weighted by Crippen LogP contribution is -2.56. The van der Waals surface area contributed by atoms with E-state index in [1.807, 2.05) is 11.0 Å². The molecule has 2 aromatic rings. The molecular weight excluding hydrogens is 284 g/mol. The van der Waals surface area contributed by atoms with E-state index in [1.165, 1.54) is 11.3 Å². The van der Waals surface area contributed by atoms with Crippen LogP contribution in [0.3, 0.4) is 0 Å². The van der Waals surface area contributed by atoms with Crippen LogP contribution in [0.15, 0.2) is 18.5 Å². The van der Waals surface area contributed by atoms with E-state index in [0.29, 0.717) is 22.6 Å². The molecule has 0 aromatic carbocycles. The van der Waals surface area contributed by atoms with E-state index in [1.54, 1.807) is 12.4 Å². The Morgan fingerprint density at radius 3 is 2.67 bits per heavy atom. The predicted molar refractivity (Wildman–Crippen MR) is 86.6 cm³/mol. The molecule has 0 spiro atoms. The predicted octanol–water partition coefficient (Wildman–Crippen LogP) is 2.04. The van der Waals surface area contributed by atoms with E-state index < -0.39 is 0 Å². The highest BCUT2D eigenvalue weighted by Gasteiger charge is 2.31. The molecule has 5 nitrogen and oxygen atoms in total. The first-order chi connectivity index (χ1) is 9.99. The lowest BCUT2D eigenvalue weighted by atomic mass is 10.1. The number of likely N-dealkylation sites (N-methyl/N-ethyl adjacent to an activating group) is 1. The van der Waals surface area contributed by atoms with Gasteiger partial charge in [0.05, 0.1) is 10.4 Å². The number of hydrogen-bond donors (Lipinski definition) is 1. The van der Waals surface area contributed by atoms with Crippen molar-refractivity contribution < 1.29 is 4.79 Å². The standard InChI is InChI=1S/C15H20N4OS/c1-9-7-19(8-10(2)18(9)3)15(20)14-13(16)11-4-5-17-6-12(11)21-14/h4-6,9-10H,7-8,16H2,1-3H3. The average molecular weight is 304 g/mol. The Hall–Kier alpha value is -1.66. The van der Waals surface area contributed by atoms with Gasteiger partial charge in [-0.15, -0.1) is 11.3 Å². The number of rotatable bonds is 1. The number of nitrogens with zero attached hydrogens (tertiary/aromatic N) is 3. The van der Waals surface area contributed by atoms with Gasteiger partial charge in [0.1, 0.15) is 4.88 Å². The van der Waals surface area contributed by atoms with Crippen LogP contribution in [0.4, 0.5) is 5.69 Å². The minimum atomic E-state index is 0.0421. The number of nitrogens with two attached hydrogens (primary N) is 1. The molecule has 2 atom stereocenters. The topological polar surface area (TPSA) is 62.5 Å². The summed E-state index contributed by atoms with van der Waals surface area (Å²) < 4.78 is 0.966. The molecular formula is C15H20N4OS. The number of carbonyl (C=O) groups is 1. The van der Waals surface area contributed by atoms with Crippen molar-refractivity contribution in [1.82, 2.24) is 14.8 Å². The van der Waals surface area contributed by atoms with Gasteiger partial charge in [-0.3, -0.25) is 14.7 Å². The molecule has 1 fully saturated rings. The Balaban J connectivity index is 1.92. The first-order valence-electron chi connectivity index (χ1n) is 7.12. The number of hydrogen-bond acceptors (Lipinski definition) is 5. The molecule has 112 valence electrons. The van der Waals surface area contributed by atoms with Crippen molar-refractivity contribution in [2.45, 2.75) is 25.9 Å². The molecule has 1 amide bonds. The SMILES string of the molecule is CC1CN(C(=O)c2sc3cnccc3c2N)CC(C)N1C. The average Bonchev–Trinajstić information content (AvgIpc) is 2.81. The Labute approximate surface area is 128 Å². The minimum absolute atomic E-state index is 0.0421. The van der Waals surface area contributed by atoms with Gasteiger partial charge in [0.25, 0.3) is 5.91 Å². The highest BCUT2D eigenvalue weighted by Crippen LogP contribution is 2.34. The van der Waals surface area contributed by atoms with Crippen LogP contribution >= 0.6 is 11.3 Å². The fourth-order valence-corrected chi connectivity index (χ4v) is 3.90. The molecule has 1 saturated heterocycles. The van der Waals surface area contributed by atoms with Crippen molar-refractivity contribution in [3.05, 3.63) is 23.3 Å². The second kappa shape index (κ2) is 5.27. The minimum Gasteiger partial charge on any atom is -0.397 e. The number of anilines is 1. The number of piperazine rings is 1. The summed E-state index contributed by atoms with van der Waals surface area (Å²) in [7, 11) is 2.11. The normalized spacial score (nSPS) is 23.7. The van der Waals surface area contributed by atoms with Crippen LogP contribution < -0.4 is 5.73 Å². The fraction of sp³-hybridized carbons (Fsp3) is 0.467. The maximum Gasteiger partial charge on any atom is 0.266 e. The molecule has 2 unspecified atom stereocenters. The molecule has 3 rings (SSSR count). The summed E-state index contributed by atoms with van der Waals surface area (Å²) >= 11 is 1.44. The molecule has 0 saturated carbocycles. The van der Waals surface area contributed by atoms with Crippen molar-refractivity contribution in [3.63, 3.8) is 0 Å². The first-order valence-corrected chi connectivity index (χ1v) is 7.94. The van der Waals surface area contributed by atoms with E-state index in [9.17, 15) is 4.79 Å². The molecule has 6 heteroatoms. The van der Waals surface area contributed by atoms with Crippen LogP contribution in [0.5, 0.6) is 0 Å². The van der Waals surface area contributed by atoms with Gasteiger partial charge in [-0.25, -0.2) is 0 Å². The zero-order valence-electron chi connectivity index (χ0n) is 12.5. The van der Waals surface area contributed by atoms with Crippen molar-refractivity contribution >= 4 is 33.0 Å². The van der Waals surface area contributed by atoms with Gasteiger partial charge in [-0.2, -0.15) is 0 Å². The van der Waals surface area contributed by atoms with E-state index in [-0.39, 0.29) is 5.91 Å². The van der Waals surface area contributed by atoms with Gasteiger partial charge in [-0.1, -0.05) is 0 Å². The number of carbonyl (C=O) groups excluding carboxylic acids is 1. The van der Waals surface area contributed by atoms with Crippen LogP contribution in [0.1, 0.15) is 23.5 Å². The van der Waals surface area contributed by atoms with Crippen molar-refractivity contribution in [2.75, 3.05) is 25.9 Å². The zero-order chi connectivity index (χ0) is 15.1. The number of pyridine rings is 1. The maximum atomic E-state index is 12.8. The highest BCUT2D eigenvalue weighted by atomic mass is 32.1. The van der Waals surface area contributed by atoms with E-state index in [2.05, 4.69) is 30.8 Å². The third kappa shape index (κ3) is 2.38. The maximum absolute atomic E-state index is 12.8. The van der Waals surface area contributed by atoms with Gasteiger partial charge >= 0.3 is 0 Å². The summed E-state index contributed by atoms with van der Waals surface area (Å²) in [6.07, 6.45) is 3.47. The molecule has 1 aliphatic rings. The summed E-state index contributed by atoms with van der Waals surface area (Å²) in [5.41, 5.74) is 6.75. The van der Waals surface area contributed by atoms with E-state index >= 15 is 0 Å². The zero-order valence-corrected chi connectivity index (χ0v) is 13.4. The molecule has 21 heavy (non-hydrogen) atoms. The van der Waals surface area contributed by atoms with Crippen molar-refractivity contribution in [3.8, 4) is 0 Å². The third-order valence-corrected chi connectivity index (χ3v) is 5.52. The van der Waals surface area contributed by atoms with Gasteiger partial charge in [0, 0.05) is 43.0 Å². The van der Waals surface area contributed by atoms with Crippen LogP contribution in [0, 0.1) is 0 Å². The number of aromatic nitrogens is 1. The van der Waals surface area contributed by atoms with Crippen LogP contribution in [0.25, 0.3) is 10.1 Å². The van der Waals surface area contributed by atoms with Crippen LogP contribution in [0.2, 0.25) is 0 Å². The second-order valence-corrected chi connectivity index (χ2v) is 6.84. The molecule has 0 bridgehead atoms. The number of fused-ring (bicyclic) bond motifs is 1. The summed E-state index contributed by atoms with van der Waals surface area (Å²) in [5, 5.41) is 0.925. The fourth-order valence-electron chi connectivity index (χ4n) is 2.84. The Morgan fingerprint density at radius 1 is 1.38 bits per heavy atom. The Kier molecular flexibility index (Phi) is 3.59. The summed E-state index contributed by atoms with van der Waals surface area (Å²) in [5.74, 6) is 0.0421. The molecule has 2 aromatic heterocycles. The van der Waals surface area contributed by atoms with E-state index in [0.717, 1.165) is 23.2 Å². The monoisotopic (exact) mass is 304 g/mol. The Bertz CT molecular complexity index is 671. The molecule has 0 radical (unpaired) electrons. The largest absolute Gasteiger partial charge is 0.397 e. The quantitative estimate of drug-likeness (QED) is 0.876. The molecule has 0 aliphatic carbocycles. The van der Waals surface area contributed by atoms with Gasteiger partial charge in [0.2, 0.25) is 0 Å². The molecule has 1 aliphatic heterocycles. The lowest BCUT2D eigenvalue weighted by Gasteiger charge is -2.42. The van der Waals surface area contributed by atoms with Gasteiger partial charge in [0.15, 0.2) is 0 Å². The van der Waals surface area contributed by atoms with Crippen molar-refractivity contribution in [1.29, 1.82) is 0 Å². The summed E-state index contributed by atoms with van der Waals surface area (Å²) in [4.78, 5) is 21.8. The second-order valence-electron chi connectivity index (χ2n) is 5.79. The smallest absolute Gasteiger partial charge is 0.266 e. The van der Waals surface area contributed by atoms with Crippen molar-refractivity contribution in [2.24, 2.45) is 0 Å². The number of thiophene rings is 1. The number of nitrogen functional groups attached to an aromatic ring is 1. The lowest BCUT2D eigenvalue weighted by molar-refractivity contribution is 0.0419. The van der Waals surface area contributed by atoms with Crippen LogP contribution in [-0.2, 0) is 0 Å². The number of amides is 1. The summed E-state index contributed by atoms with van der Waals surface area (Å²) in [6.45, 7) is 5.78. The molecule has 2 N–H and O–H groups in total. The third-order valence-electron chi connectivity index (χ3n) is 4.37. The highest BCUT2D eigenvalue weighted by molar-refractivity contribution is 7.21. The van der Waals surface area contributed by atoms with Gasteiger partial charge < -0.3 is 10.6 Å². The van der Waals surface area contributed by atoms with Gasteiger partial charge in [-0.05, 0) is 27.0 Å². The summed E-state index contributed by atoms with van der Waals surface area (Å²) in [6, 6.07) is 2.58. The van der Waals surface area contributed by atoms with Crippen LogP contribution in [-0.4, -0.2) is 52.9 Å². The Morgan fingerprint density at radius 2 is 2.05 bits per heavy atom. The van der Waals surface area contributed by atoms with E-state index in [4.69, 9.17) is 5.73 Å². The first kappa shape index (κ1) is 14.3. The molecule has 3 heterocycles.